The molecule has 0 spiro atoms. The number of carbonyl (C=O) groups excluding carboxylic acids is 1. The van der Waals surface area contributed by atoms with Crippen molar-refractivity contribution in [1.29, 1.82) is 0 Å². The van der Waals surface area contributed by atoms with Crippen LogP contribution in [0.4, 0.5) is 5.13 Å². The summed E-state index contributed by atoms with van der Waals surface area (Å²) in [7, 11) is 0. The lowest BCUT2D eigenvalue weighted by Crippen LogP contribution is -2.14. The molecule has 0 bridgehead atoms. The number of thiol groups is 1. The lowest BCUT2D eigenvalue weighted by molar-refractivity contribution is -0.115. The van der Waals surface area contributed by atoms with Gasteiger partial charge in [-0.3, -0.25) is 4.79 Å². The fourth-order valence-corrected chi connectivity index (χ4v) is 2.56. The second-order valence-corrected chi connectivity index (χ2v) is 5.19. The van der Waals surface area contributed by atoms with Gasteiger partial charge < -0.3 is 5.32 Å². The van der Waals surface area contributed by atoms with Gasteiger partial charge in [0.2, 0.25) is 11.0 Å². The molecule has 1 aromatic carbocycles. The van der Waals surface area contributed by atoms with Crippen LogP contribution in [0.15, 0.2) is 30.3 Å². The van der Waals surface area contributed by atoms with Crippen molar-refractivity contribution in [2.45, 2.75) is 12.8 Å². The van der Waals surface area contributed by atoms with Gasteiger partial charge in [-0.15, -0.1) is 10.2 Å². The molecule has 0 unspecified atom stereocenters. The van der Waals surface area contributed by atoms with Crippen molar-refractivity contribution < 1.29 is 4.79 Å². The van der Waals surface area contributed by atoms with Crippen LogP contribution in [0.3, 0.4) is 0 Å². The van der Waals surface area contributed by atoms with Gasteiger partial charge in [0, 0.05) is 6.42 Å². The Morgan fingerprint density at radius 3 is 2.78 bits per heavy atom. The predicted octanol–water partition coefficient (Wildman–Crippen LogP) is 2.19. The first-order valence-corrected chi connectivity index (χ1v) is 7.00. The third-order valence-electron chi connectivity index (χ3n) is 2.25. The van der Waals surface area contributed by atoms with E-state index in [1.165, 1.54) is 11.3 Å². The first-order chi connectivity index (χ1) is 8.78. The van der Waals surface area contributed by atoms with Crippen molar-refractivity contribution in [1.82, 2.24) is 10.2 Å². The molecule has 0 aliphatic rings. The molecule has 94 valence electrons. The zero-order valence-corrected chi connectivity index (χ0v) is 11.4. The molecule has 0 radical (unpaired) electrons. The number of aryl methyl sites for hydroxylation is 1. The van der Waals surface area contributed by atoms with Gasteiger partial charge >= 0.3 is 0 Å². The Morgan fingerprint density at radius 1 is 1.28 bits per heavy atom. The number of anilines is 1. The standard InChI is InChI=1S/C12H13N3OS2/c16-10(8-9-4-2-1-3-5-9)13-12-15-14-11(18-12)6-7-17/h1-5,17H,6-8H2,(H,13,15,16). The molecule has 0 saturated carbocycles. The number of carbonyl (C=O) groups is 1. The maximum absolute atomic E-state index is 11.8. The number of benzene rings is 1. The molecular weight excluding hydrogens is 266 g/mol. The van der Waals surface area contributed by atoms with E-state index in [0.717, 1.165) is 22.7 Å². The molecule has 1 amide bonds. The quantitative estimate of drug-likeness (QED) is 0.825. The van der Waals surface area contributed by atoms with Crippen LogP contribution in [-0.2, 0) is 17.6 Å². The first kappa shape index (κ1) is 13.0. The van der Waals surface area contributed by atoms with Crippen molar-refractivity contribution >= 4 is 35.0 Å². The normalized spacial score (nSPS) is 10.3. The lowest BCUT2D eigenvalue weighted by atomic mass is 10.1. The maximum atomic E-state index is 11.8. The highest BCUT2D eigenvalue weighted by Gasteiger charge is 2.08. The highest BCUT2D eigenvalue weighted by molar-refractivity contribution is 7.80. The summed E-state index contributed by atoms with van der Waals surface area (Å²) >= 11 is 5.52. The summed E-state index contributed by atoms with van der Waals surface area (Å²) < 4.78 is 0. The molecule has 0 aliphatic carbocycles. The minimum Gasteiger partial charge on any atom is -0.300 e. The maximum Gasteiger partial charge on any atom is 0.230 e. The summed E-state index contributed by atoms with van der Waals surface area (Å²) in [5.74, 6) is 0.654. The van der Waals surface area contributed by atoms with Crippen LogP contribution in [0.1, 0.15) is 10.6 Å². The Morgan fingerprint density at radius 2 is 2.06 bits per heavy atom. The third-order valence-corrected chi connectivity index (χ3v) is 3.37. The minimum atomic E-state index is -0.0743. The van der Waals surface area contributed by atoms with Crippen LogP contribution < -0.4 is 5.32 Å². The van der Waals surface area contributed by atoms with Gasteiger partial charge in [0.15, 0.2) is 0 Å². The number of aromatic nitrogens is 2. The number of hydrogen-bond acceptors (Lipinski definition) is 5. The second-order valence-electron chi connectivity index (χ2n) is 3.69. The topological polar surface area (TPSA) is 54.9 Å². The fourth-order valence-electron chi connectivity index (χ4n) is 1.45. The summed E-state index contributed by atoms with van der Waals surface area (Å²) in [6.45, 7) is 0. The number of hydrogen-bond donors (Lipinski definition) is 2. The molecule has 18 heavy (non-hydrogen) atoms. The van der Waals surface area contributed by atoms with E-state index in [1.54, 1.807) is 0 Å². The molecule has 0 fully saturated rings. The predicted molar refractivity (Wildman–Crippen MR) is 76.2 cm³/mol. The van der Waals surface area contributed by atoms with Crippen LogP contribution in [0.5, 0.6) is 0 Å². The Hall–Kier alpha value is -1.40. The van der Waals surface area contributed by atoms with Crippen LogP contribution >= 0.6 is 24.0 Å². The van der Waals surface area contributed by atoms with E-state index in [9.17, 15) is 4.79 Å². The second kappa shape index (κ2) is 6.51. The van der Waals surface area contributed by atoms with Gasteiger partial charge in [0.05, 0.1) is 6.42 Å². The van der Waals surface area contributed by atoms with Gasteiger partial charge in [-0.25, -0.2) is 0 Å². The molecule has 0 aliphatic heterocycles. The molecular formula is C12H13N3OS2. The van der Waals surface area contributed by atoms with Gasteiger partial charge in [-0.05, 0) is 11.3 Å². The van der Waals surface area contributed by atoms with Crippen molar-refractivity contribution in [2.24, 2.45) is 0 Å². The van der Waals surface area contributed by atoms with E-state index in [-0.39, 0.29) is 5.91 Å². The molecule has 2 aromatic rings. The van der Waals surface area contributed by atoms with Crippen LogP contribution in [-0.4, -0.2) is 21.9 Å². The molecule has 0 atom stereocenters. The van der Waals surface area contributed by atoms with Crippen LogP contribution in [0.2, 0.25) is 0 Å². The van der Waals surface area contributed by atoms with Crippen molar-refractivity contribution in [3.8, 4) is 0 Å². The van der Waals surface area contributed by atoms with E-state index in [0.29, 0.717) is 11.6 Å². The number of amides is 1. The van der Waals surface area contributed by atoms with Gasteiger partial charge in [-0.2, -0.15) is 12.6 Å². The van der Waals surface area contributed by atoms with Crippen molar-refractivity contribution in [3.05, 3.63) is 40.9 Å². The molecule has 0 saturated heterocycles. The van der Waals surface area contributed by atoms with Gasteiger partial charge in [0.25, 0.3) is 0 Å². The zero-order valence-electron chi connectivity index (χ0n) is 9.67. The molecule has 4 nitrogen and oxygen atoms in total. The third kappa shape index (κ3) is 3.82. The molecule has 1 heterocycles. The van der Waals surface area contributed by atoms with E-state index in [4.69, 9.17) is 0 Å². The van der Waals surface area contributed by atoms with E-state index in [2.05, 4.69) is 28.1 Å². The first-order valence-electron chi connectivity index (χ1n) is 5.55. The highest BCUT2D eigenvalue weighted by Crippen LogP contribution is 2.16. The average molecular weight is 279 g/mol. The molecule has 6 heteroatoms. The monoisotopic (exact) mass is 279 g/mol. The number of nitrogens with one attached hydrogen (secondary N) is 1. The number of nitrogens with zero attached hydrogens (tertiary/aromatic N) is 2. The summed E-state index contributed by atoms with van der Waals surface area (Å²) in [4.78, 5) is 11.8. The number of rotatable bonds is 5. The van der Waals surface area contributed by atoms with E-state index in [1.807, 2.05) is 30.3 Å². The average Bonchev–Trinajstić information content (AvgIpc) is 2.78. The van der Waals surface area contributed by atoms with Crippen LogP contribution in [0, 0.1) is 0 Å². The molecule has 2 rings (SSSR count). The molecule has 1 aromatic heterocycles. The largest absolute Gasteiger partial charge is 0.300 e. The summed E-state index contributed by atoms with van der Waals surface area (Å²) in [5, 5.41) is 12.1. The zero-order chi connectivity index (χ0) is 12.8. The SMILES string of the molecule is O=C(Cc1ccccc1)Nc1nnc(CCS)s1. The summed E-state index contributed by atoms with van der Waals surface area (Å²) in [6.07, 6.45) is 1.12. The minimum absolute atomic E-state index is 0.0743. The van der Waals surface area contributed by atoms with Gasteiger partial charge in [0.1, 0.15) is 5.01 Å². The lowest BCUT2D eigenvalue weighted by Gasteiger charge is -2.00. The Balaban J connectivity index is 1.90. The van der Waals surface area contributed by atoms with E-state index < -0.39 is 0 Å². The van der Waals surface area contributed by atoms with Gasteiger partial charge in [-0.1, -0.05) is 41.7 Å². The fraction of sp³-hybridized carbons (Fsp3) is 0.250. The van der Waals surface area contributed by atoms with Crippen molar-refractivity contribution in [2.75, 3.05) is 11.1 Å². The van der Waals surface area contributed by atoms with Crippen LogP contribution in [0.25, 0.3) is 0 Å². The Labute approximate surface area is 115 Å². The summed E-state index contributed by atoms with van der Waals surface area (Å²) in [5.41, 5.74) is 0.982. The smallest absolute Gasteiger partial charge is 0.230 e. The van der Waals surface area contributed by atoms with Crippen molar-refractivity contribution in [3.63, 3.8) is 0 Å². The Kier molecular flexibility index (Phi) is 4.72. The molecule has 1 N–H and O–H groups in total. The Bertz CT molecular complexity index is 513. The highest BCUT2D eigenvalue weighted by atomic mass is 32.1. The van der Waals surface area contributed by atoms with E-state index >= 15 is 0 Å². The summed E-state index contributed by atoms with van der Waals surface area (Å²) in [6, 6.07) is 9.60.